The Balaban J connectivity index is 1.30. The third-order valence-corrected chi connectivity index (χ3v) is 7.25. The fourth-order valence-corrected chi connectivity index (χ4v) is 4.89. The fraction of sp³-hybridized carbons (Fsp3) is 0.667. The van der Waals surface area contributed by atoms with E-state index in [-0.39, 0.29) is 0 Å². The molecule has 7 rings (SSSR count). The van der Waals surface area contributed by atoms with E-state index in [1.165, 1.54) is 11.1 Å². The number of nitrogens with one attached hydrogen (secondary N) is 4. The molecule has 4 N–H and O–H groups in total. The van der Waals surface area contributed by atoms with Gasteiger partial charge in [0.15, 0.2) is 0 Å². The summed E-state index contributed by atoms with van der Waals surface area (Å²) in [7, 11) is 0. The first-order chi connectivity index (χ1) is 19.8. The number of fused-ring (bicyclic) bond motifs is 6. The highest BCUT2D eigenvalue weighted by atomic mass is 16.5. The Kier molecular flexibility index (Phi) is 14.5. The van der Waals surface area contributed by atoms with Crippen LogP contribution in [-0.2, 0) is 22.6 Å². The van der Waals surface area contributed by atoms with Crippen molar-refractivity contribution in [3.05, 3.63) is 47.8 Å². The van der Waals surface area contributed by atoms with E-state index in [1.807, 2.05) is 12.4 Å². The molecular formula is C30H50N8O2. The first kappa shape index (κ1) is 30.6. The van der Waals surface area contributed by atoms with E-state index >= 15 is 0 Å². The SMILES string of the molecule is c1cc2ncc1CN1CCNCCN(CCNCC1)Cc1ccc(nc1)NCCCOCCCCOCCCN2. The predicted molar refractivity (Wildman–Crippen MR) is 162 cm³/mol. The Hall–Kier alpha value is -2.34. The maximum Gasteiger partial charge on any atom is 0.125 e. The van der Waals surface area contributed by atoms with Crippen molar-refractivity contribution >= 4 is 11.6 Å². The molecule has 0 atom stereocenters. The summed E-state index contributed by atoms with van der Waals surface area (Å²) >= 11 is 0. The lowest BCUT2D eigenvalue weighted by atomic mass is 10.2. The van der Waals surface area contributed by atoms with E-state index < -0.39 is 0 Å². The van der Waals surface area contributed by atoms with Gasteiger partial charge in [0.2, 0.25) is 0 Å². The summed E-state index contributed by atoms with van der Waals surface area (Å²) in [5.74, 6) is 1.86. The van der Waals surface area contributed by atoms with Crippen LogP contribution in [0.25, 0.3) is 0 Å². The summed E-state index contributed by atoms with van der Waals surface area (Å²) in [6, 6.07) is 8.58. The standard InChI is InChI=1S/C30H50N8O2/c1-2-20-40-22-4-10-34-30-8-6-28(24-36-30)26-38-17-13-31-11-15-37(16-12-32-14-18-38)25-27-5-7-29(35-23-27)33-9-3-21-39-19-1/h5-8,23-24,31-32H,1-4,9-22,25-26H2,(H,33,35)(H,34,36). The third-order valence-electron chi connectivity index (χ3n) is 7.25. The molecule has 10 nitrogen and oxygen atoms in total. The molecule has 0 aliphatic carbocycles. The molecule has 222 valence electrons. The molecule has 0 amide bonds. The van der Waals surface area contributed by atoms with Crippen LogP contribution in [0.3, 0.4) is 0 Å². The van der Waals surface area contributed by atoms with Gasteiger partial charge in [-0.05, 0) is 48.9 Å². The number of anilines is 2. The molecule has 0 spiro atoms. The molecule has 2 aromatic heterocycles. The van der Waals surface area contributed by atoms with Crippen LogP contribution in [-0.4, -0.2) is 112 Å². The normalized spacial score (nSPS) is 24.0. The van der Waals surface area contributed by atoms with E-state index in [0.717, 1.165) is 142 Å². The molecule has 0 aromatic carbocycles. The Bertz CT molecular complexity index is 827. The second-order valence-electron chi connectivity index (χ2n) is 10.6. The first-order valence-electron chi connectivity index (χ1n) is 15.2. The quantitative estimate of drug-likeness (QED) is 0.389. The van der Waals surface area contributed by atoms with Gasteiger partial charge in [-0.3, -0.25) is 9.80 Å². The molecule has 2 aromatic rings. The zero-order chi connectivity index (χ0) is 27.5. The molecule has 7 heterocycles. The first-order valence-corrected chi connectivity index (χ1v) is 15.2. The largest absolute Gasteiger partial charge is 0.381 e. The Labute approximate surface area is 240 Å². The van der Waals surface area contributed by atoms with E-state index in [9.17, 15) is 0 Å². The Morgan fingerprint density at radius 3 is 1.35 bits per heavy atom. The highest BCUT2D eigenvalue weighted by Crippen LogP contribution is 2.10. The van der Waals surface area contributed by atoms with E-state index in [0.29, 0.717) is 0 Å². The summed E-state index contributed by atoms with van der Waals surface area (Å²) in [4.78, 5) is 14.3. The number of rotatable bonds is 0. The lowest BCUT2D eigenvalue weighted by Crippen LogP contribution is -2.42. The van der Waals surface area contributed by atoms with Crippen molar-refractivity contribution in [1.82, 2.24) is 30.4 Å². The van der Waals surface area contributed by atoms with Gasteiger partial charge in [-0.1, -0.05) is 12.1 Å². The van der Waals surface area contributed by atoms with Crippen molar-refractivity contribution in [2.75, 3.05) is 103 Å². The summed E-state index contributed by atoms with van der Waals surface area (Å²) in [5.41, 5.74) is 2.50. The van der Waals surface area contributed by atoms with Gasteiger partial charge in [0.1, 0.15) is 11.6 Å². The summed E-state index contributed by atoms with van der Waals surface area (Å²) in [6.07, 6.45) is 8.02. The van der Waals surface area contributed by atoms with Gasteiger partial charge in [-0.25, -0.2) is 9.97 Å². The van der Waals surface area contributed by atoms with Gasteiger partial charge in [-0.15, -0.1) is 0 Å². The number of pyridine rings is 2. The molecule has 5 aliphatic rings. The third kappa shape index (κ3) is 12.4. The van der Waals surface area contributed by atoms with Gasteiger partial charge < -0.3 is 30.7 Å². The van der Waals surface area contributed by atoms with Crippen molar-refractivity contribution in [1.29, 1.82) is 0 Å². The number of ether oxygens (including phenoxy) is 2. The van der Waals surface area contributed by atoms with Gasteiger partial charge in [0.05, 0.1) is 0 Å². The monoisotopic (exact) mass is 554 g/mol. The molecule has 6 bridgehead atoms. The molecular weight excluding hydrogens is 504 g/mol. The highest BCUT2D eigenvalue weighted by molar-refractivity contribution is 5.36. The summed E-state index contributed by atoms with van der Waals surface area (Å²) < 4.78 is 11.6. The van der Waals surface area contributed by atoms with Gasteiger partial charge in [0, 0.05) is 117 Å². The molecule has 40 heavy (non-hydrogen) atoms. The average molecular weight is 555 g/mol. The second kappa shape index (κ2) is 18.9. The van der Waals surface area contributed by atoms with Crippen molar-refractivity contribution in [3.8, 4) is 0 Å². The summed E-state index contributed by atoms with van der Waals surface area (Å²) in [6.45, 7) is 14.7. The maximum atomic E-state index is 5.78. The fourth-order valence-electron chi connectivity index (χ4n) is 4.89. The lowest BCUT2D eigenvalue weighted by Gasteiger charge is -2.27. The minimum Gasteiger partial charge on any atom is -0.381 e. The van der Waals surface area contributed by atoms with E-state index in [1.54, 1.807) is 0 Å². The van der Waals surface area contributed by atoms with Crippen LogP contribution >= 0.6 is 0 Å². The van der Waals surface area contributed by atoms with E-state index in [4.69, 9.17) is 9.47 Å². The molecule has 1 saturated heterocycles. The van der Waals surface area contributed by atoms with Gasteiger partial charge in [0.25, 0.3) is 0 Å². The number of hydrogen-bond acceptors (Lipinski definition) is 10. The van der Waals surface area contributed by atoms with Crippen LogP contribution in [0, 0.1) is 0 Å². The Morgan fingerprint density at radius 2 is 0.950 bits per heavy atom. The smallest absolute Gasteiger partial charge is 0.125 e. The van der Waals surface area contributed by atoms with Crippen LogP contribution in [0.15, 0.2) is 36.7 Å². The minimum atomic E-state index is 0.766. The van der Waals surface area contributed by atoms with Crippen LogP contribution in [0.2, 0.25) is 0 Å². The van der Waals surface area contributed by atoms with Gasteiger partial charge >= 0.3 is 0 Å². The molecule has 0 saturated carbocycles. The van der Waals surface area contributed by atoms with Crippen molar-refractivity contribution < 1.29 is 9.47 Å². The molecule has 1 fully saturated rings. The van der Waals surface area contributed by atoms with Crippen molar-refractivity contribution in [2.24, 2.45) is 0 Å². The zero-order valence-electron chi connectivity index (χ0n) is 24.2. The van der Waals surface area contributed by atoms with Gasteiger partial charge in [-0.2, -0.15) is 0 Å². The van der Waals surface area contributed by atoms with E-state index in [2.05, 4.69) is 65.3 Å². The second-order valence-corrected chi connectivity index (χ2v) is 10.6. The minimum absolute atomic E-state index is 0.766. The molecule has 0 radical (unpaired) electrons. The maximum absolute atomic E-state index is 5.78. The van der Waals surface area contributed by atoms with Crippen LogP contribution < -0.4 is 21.3 Å². The van der Waals surface area contributed by atoms with Crippen LogP contribution in [0.5, 0.6) is 0 Å². The van der Waals surface area contributed by atoms with Crippen LogP contribution in [0.1, 0.15) is 36.8 Å². The average Bonchev–Trinajstić information content (AvgIpc) is 2.97. The predicted octanol–water partition coefficient (Wildman–Crippen LogP) is 2.40. The zero-order valence-corrected chi connectivity index (χ0v) is 24.2. The van der Waals surface area contributed by atoms with Crippen molar-refractivity contribution in [3.63, 3.8) is 0 Å². The van der Waals surface area contributed by atoms with Crippen molar-refractivity contribution in [2.45, 2.75) is 38.8 Å². The van der Waals surface area contributed by atoms with Crippen LogP contribution in [0.4, 0.5) is 11.6 Å². The number of hydrogen-bond donors (Lipinski definition) is 4. The Morgan fingerprint density at radius 1 is 0.525 bits per heavy atom. The highest BCUT2D eigenvalue weighted by Gasteiger charge is 2.11. The summed E-state index contributed by atoms with van der Waals surface area (Å²) in [5, 5.41) is 14.2. The molecule has 10 heteroatoms. The molecule has 0 unspecified atom stereocenters. The lowest BCUT2D eigenvalue weighted by molar-refractivity contribution is 0.102. The number of nitrogens with zero attached hydrogens (tertiary/aromatic N) is 4. The molecule has 5 aliphatic heterocycles. The number of aromatic nitrogens is 2. The topological polar surface area (TPSA) is 98.8 Å².